The predicted octanol–water partition coefficient (Wildman–Crippen LogP) is 3.81. The molecular weight excluding hydrogens is 462 g/mol. The van der Waals surface area contributed by atoms with E-state index in [2.05, 4.69) is 10.6 Å². The lowest BCUT2D eigenvalue weighted by Gasteiger charge is -2.34. The third kappa shape index (κ3) is 7.98. The molecule has 0 saturated heterocycles. The van der Waals surface area contributed by atoms with Gasteiger partial charge in [-0.3, -0.25) is 9.59 Å². The number of amides is 3. The zero-order valence-corrected chi connectivity index (χ0v) is 21.8. The standard InChI is InChI=1S/C27H37N3O6/c1-7-16-30(25(33)22(17-31)29-26(34)36-27(3,4)5)23(21-11-9-8-10-18(21)2)24(32)28-19-12-14-20(35-6)15-13-19/h8-15,22-23,31H,7,16-17H2,1-6H3,(H,28,32)(H,29,34). The minimum absolute atomic E-state index is 0.223. The van der Waals surface area contributed by atoms with E-state index in [0.29, 0.717) is 23.4 Å². The Labute approximate surface area is 212 Å². The van der Waals surface area contributed by atoms with E-state index < -0.39 is 42.2 Å². The van der Waals surface area contributed by atoms with E-state index >= 15 is 0 Å². The fourth-order valence-electron chi connectivity index (χ4n) is 3.67. The maximum absolute atomic E-state index is 13.7. The Morgan fingerprint density at radius 1 is 1.06 bits per heavy atom. The zero-order chi connectivity index (χ0) is 26.9. The average molecular weight is 500 g/mol. The molecular formula is C27H37N3O6. The number of hydrogen-bond acceptors (Lipinski definition) is 6. The predicted molar refractivity (Wildman–Crippen MR) is 138 cm³/mol. The first-order valence-corrected chi connectivity index (χ1v) is 11.9. The van der Waals surface area contributed by atoms with Crippen LogP contribution in [0.2, 0.25) is 0 Å². The molecule has 0 spiro atoms. The Morgan fingerprint density at radius 2 is 1.69 bits per heavy atom. The number of anilines is 1. The molecule has 196 valence electrons. The molecule has 3 N–H and O–H groups in total. The van der Waals surface area contributed by atoms with E-state index in [1.54, 1.807) is 64.3 Å². The molecule has 2 unspecified atom stereocenters. The maximum Gasteiger partial charge on any atom is 0.408 e. The molecule has 2 aromatic rings. The number of carbonyl (C=O) groups is 3. The Hall–Kier alpha value is -3.59. The first-order valence-electron chi connectivity index (χ1n) is 11.9. The van der Waals surface area contributed by atoms with Crippen LogP contribution < -0.4 is 15.4 Å². The summed E-state index contributed by atoms with van der Waals surface area (Å²) in [6.07, 6.45) is -0.282. The number of methoxy groups -OCH3 is 1. The summed E-state index contributed by atoms with van der Waals surface area (Å²) in [6, 6.07) is 11.9. The monoisotopic (exact) mass is 499 g/mol. The van der Waals surface area contributed by atoms with E-state index in [1.807, 2.05) is 26.0 Å². The number of aliphatic hydroxyl groups is 1. The number of benzene rings is 2. The molecule has 0 aliphatic heterocycles. The Bertz CT molecular complexity index is 1030. The normalized spacial score (nSPS) is 12.8. The highest BCUT2D eigenvalue weighted by Crippen LogP contribution is 2.27. The Morgan fingerprint density at radius 3 is 2.22 bits per heavy atom. The summed E-state index contributed by atoms with van der Waals surface area (Å²) in [5, 5.41) is 15.3. The zero-order valence-electron chi connectivity index (χ0n) is 21.8. The topological polar surface area (TPSA) is 117 Å². The maximum atomic E-state index is 13.7. The summed E-state index contributed by atoms with van der Waals surface area (Å²) in [6.45, 7) is 8.40. The molecule has 9 nitrogen and oxygen atoms in total. The summed E-state index contributed by atoms with van der Waals surface area (Å²) >= 11 is 0. The smallest absolute Gasteiger partial charge is 0.408 e. The van der Waals surface area contributed by atoms with E-state index in [4.69, 9.17) is 9.47 Å². The lowest BCUT2D eigenvalue weighted by atomic mass is 9.98. The van der Waals surface area contributed by atoms with E-state index in [1.165, 1.54) is 4.90 Å². The summed E-state index contributed by atoms with van der Waals surface area (Å²) in [5.41, 5.74) is 1.22. The van der Waals surface area contributed by atoms with Gasteiger partial charge >= 0.3 is 6.09 Å². The second kappa shape index (κ2) is 12.9. The van der Waals surface area contributed by atoms with Crippen LogP contribution in [-0.2, 0) is 14.3 Å². The summed E-state index contributed by atoms with van der Waals surface area (Å²) in [5.74, 6) is -0.376. The molecule has 2 aromatic carbocycles. The first-order chi connectivity index (χ1) is 17.0. The lowest BCUT2D eigenvalue weighted by molar-refractivity contribution is -0.141. The number of carbonyl (C=O) groups excluding carboxylic acids is 3. The van der Waals surface area contributed by atoms with Crippen molar-refractivity contribution in [2.24, 2.45) is 0 Å². The number of aryl methyl sites for hydroxylation is 1. The minimum Gasteiger partial charge on any atom is -0.497 e. The van der Waals surface area contributed by atoms with Crippen LogP contribution >= 0.6 is 0 Å². The van der Waals surface area contributed by atoms with Crippen molar-refractivity contribution in [2.45, 2.75) is 58.7 Å². The molecule has 0 heterocycles. The van der Waals surface area contributed by atoms with Crippen molar-refractivity contribution in [2.75, 3.05) is 25.6 Å². The fraction of sp³-hybridized carbons (Fsp3) is 0.444. The molecule has 36 heavy (non-hydrogen) atoms. The van der Waals surface area contributed by atoms with Crippen LogP contribution in [0.5, 0.6) is 5.75 Å². The molecule has 0 bridgehead atoms. The summed E-state index contributed by atoms with van der Waals surface area (Å²) in [7, 11) is 1.55. The minimum atomic E-state index is -1.29. The van der Waals surface area contributed by atoms with Crippen LogP contribution in [0.4, 0.5) is 10.5 Å². The van der Waals surface area contributed by atoms with Crippen LogP contribution in [0.15, 0.2) is 48.5 Å². The third-order valence-corrected chi connectivity index (χ3v) is 5.32. The van der Waals surface area contributed by atoms with Gasteiger partial charge < -0.3 is 30.1 Å². The first kappa shape index (κ1) is 28.6. The third-order valence-electron chi connectivity index (χ3n) is 5.32. The van der Waals surface area contributed by atoms with Crippen LogP contribution in [-0.4, -0.2) is 59.8 Å². The highest BCUT2D eigenvalue weighted by Gasteiger charge is 2.36. The van der Waals surface area contributed by atoms with Gasteiger partial charge in [-0.25, -0.2) is 4.79 Å². The molecule has 2 atom stereocenters. The molecule has 0 aliphatic rings. The van der Waals surface area contributed by atoms with Crippen molar-refractivity contribution >= 4 is 23.6 Å². The molecule has 2 rings (SSSR count). The number of nitrogens with zero attached hydrogens (tertiary/aromatic N) is 1. The Balaban J connectivity index is 2.43. The van der Waals surface area contributed by atoms with E-state index in [0.717, 1.165) is 5.56 Å². The number of hydrogen-bond donors (Lipinski definition) is 3. The van der Waals surface area contributed by atoms with E-state index in [9.17, 15) is 19.5 Å². The van der Waals surface area contributed by atoms with Gasteiger partial charge in [-0.15, -0.1) is 0 Å². The molecule has 0 fully saturated rings. The molecule has 0 aliphatic carbocycles. The second-order valence-electron chi connectivity index (χ2n) is 9.39. The summed E-state index contributed by atoms with van der Waals surface area (Å²) < 4.78 is 10.4. The fourth-order valence-corrected chi connectivity index (χ4v) is 3.67. The van der Waals surface area contributed by atoms with Crippen LogP contribution in [0.25, 0.3) is 0 Å². The van der Waals surface area contributed by atoms with Gasteiger partial charge in [0.1, 0.15) is 23.4 Å². The number of rotatable bonds is 10. The largest absolute Gasteiger partial charge is 0.497 e. The highest BCUT2D eigenvalue weighted by molar-refractivity contribution is 5.99. The van der Waals surface area contributed by atoms with E-state index in [-0.39, 0.29) is 6.54 Å². The second-order valence-corrected chi connectivity index (χ2v) is 9.39. The average Bonchev–Trinajstić information content (AvgIpc) is 2.82. The molecule has 0 saturated carbocycles. The van der Waals surface area contributed by atoms with Crippen molar-refractivity contribution < 1.29 is 29.0 Å². The van der Waals surface area contributed by atoms with Gasteiger partial charge in [0.25, 0.3) is 5.91 Å². The Kier molecular flexibility index (Phi) is 10.3. The number of aliphatic hydroxyl groups excluding tert-OH is 1. The van der Waals surface area contributed by atoms with Crippen molar-refractivity contribution in [1.29, 1.82) is 0 Å². The van der Waals surface area contributed by atoms with Crippen molar-refractivity contribution in [3.63, 3.8) is 0 Å². The van der Waals surface area contributed by atoms with Crippen molar-refractivity contribution in [3.05, 3.63) is 59.7 Å². The van der Waals surface area contributed by atoms with Gasteiger partial charge in [0.15, 0.2) is 0 Å². The number of ether oxygens (including phenoxy) is 2. The number of alkyl carbamates (subject to hydrolysis) is 1. The summed E-state index contributed by atoms with van der Waals surface area (Å²) in [4.78, 5) is 41.0. The SMILES string of the molecule is CCCN(C(=O)C(CO)NC(=O)OC(C)(C)C)C(C(=O)Nc1ccc(OC)cc1)c1ccccc1C. The van der Waals surface area contributed by atoms with Crippen LogP contribution in [0, 0.1) is 6.92 Å². The number of nitrogens with one attached hydrogen (secondary N) is 2. The molecule has 3 amide bonds. The lowest BCUT2D eigenvalue weighted by Crippen LogP contribution is -2.54. The van der Waals surface area contributed by atoms with Crippen LogP contribution in [0.1, 0.15) is 51.3 Å². The molecule has 0 aromatic heterocycles. The van der Waals surface area contributed by atoms with Crippen molar-refractivity contribution in [1.82, 2.24) is 10.2 Å². The highest BCUT2D eigenvalue weighted by atomic mass is 16.6. The van der Waals surface area contributed by atoms with Crippen molar-refractivity contribution in [3.8, 4) is 5.75 Å². The van der Waals surface area contributed by atoms with Gasteiger partial charge in [-0.1, -0.05) is 31.2 Å². The van der Waals surface area contributed by atoms with Gasteiger partial charge in [0.2, 0.25) is 5.91 Å². The quantitative estimate of drug-likeness (QED) is 0.458. The molecule has 0 radical (unpaired) electrons. The van der Waals surface area contributed by atoms with Gasteiger partial charge in [0, 0.05) is 12.2 Å². The van der Waals surface area contributed by atoms with Gasteiger partial charge in [0.05, 0.1) is 13.7 Å². The van der Waals surface area contributed by atoms with Crippen LogP contribution in [0.3, 0.4) is 0 Å². The molecule has 9 heteroatoms. The van der Waals surface area contributed by atoms with Gasteiger partial charge in [-0.05, 0) is 69.5 Å². The van der Waals surface area contributed by atoms with Gasteiger partial charge in [-0.2, -0.15) is 0 Å².